The van der Waals surface area contributed by atoms with E-state index >= 15 is 0 Å². The van der Waals surface area contributed by atoms with E-state index in [0.717, 1.165) is 5.92 Å². The van der Waals surface area contributed by atoms with E-state index in [0.29, 0.717) is 0 Å². The Labute approximate surface area is 80.3 Å². The minimum Gasteiger partial charge on any atom is -0.0665 e. The van der Waals surface area contributed by atoms with E-state index in [9.17, 15) is 0 Å². The number of benzene rings is 1. The molecule has 1 aromatic rings. The van der Waals surface area contributed by atoms with E-state index in [-0.39, 0.29) is 0 Å². The molecule has 0 heteroatoms. The van der Waals surface area contributed by atoms with Crippen molar-refractivity contribution in [2.75, 3.05) is 0 Å². The normalized spacial score (nSPS) is 24.4. The Hall–Kier alpha value is -1.04. The summed E-state index contributed by atoms with van der Waals surface area (Å²) in [7, 11) is 0. The van der Waals surface area contributed by atoms with Gasteiger partial charge in [0.05, 0.1) is 0 Å². The summed E-state index contributed by atoms with van der Waals surface area (Å²) in [5.41, 5.74) is 3.00. The number of rotatable bonds is 2. The summed E-state index contributed by atoms with van der Waals surface area (Å²) in [6.07, 6.45) is 6.37. The minimum absolute atomic E-state index is 0.875. The van der Waals surface area contributed by atoms with Crippen LogP contribution >= 0.6 is 0 Å². The van der Waals surface area contributed by atoms with Crippen molar-refractivity contribution >= 4 is 6.08 Å². The molecular weight excluding hydrogens is 156 g/mol. The monoisotopic (exact) mass is 172 g/mol. The average molecular weight is 172 g/mol. The summed E-state index contributed by atoms with van der Waals surface area (Å²) in [5, 5.41) is 0. The fraction of sp³-hybridized carbons (Fsp3) is 0.385. The molecule has 2 rings (SSSR count). The molecule has 68 valence electrons. The molecule has 0 bridgehead atoms. The van der Waals surface area contributed by atoms with Gasteiger partial charge in [-0.1, -0.05) is 48.9 Å². The maximum atomic E-state index is 2.36. The van der Waals surface area contributed by atoms with Crippen LogP contribution in [-0.4, -0.2) is 0 Å². The van der Waals surface area contributed by atoms with Gasteiger partial charge < -0.3 is 0 Å². The van der Waals surface area contributed by atoms with Gasteiger partial charge in [-0.2, -0.15) is 0 Å². The molecule has 1 fully saturated rings. The van der Waals surface area contributed by atoms with E-state index in [4.69, 9.17) is 0 Å². The third kappa shape index (κ3) is 1.82. The standard InChI is InChI=1S/C13H16/c1-2-12-8-9-13(12)10-11-6-4-3-5-7-11/h3-7,10,12H,2,8-9H2,1H3. The van der Waals surface area contributed by atoms with Gasteiger partial charge in [0.1, 0.15) is 0 Å². The first kappa shape index (κ1) is 8.55. The third-order valence-electron chi connectivity index (χ3n) is 2.95. The second-order valence-corrected chi connectivity index (χ2v) is 3.77. The van der Waals surface area contributed by atoms with Crippen molar-refractivity contribution in [2.24, 2.45) is 5.92 Å². The molecule has 1 atom stereocenters. The largest absolute Gasteiger partial charge is 0.0665 e. The van der Waals surface area contributed by atoms with Crippen LogP contribution in [0, 0.1) is 5.92 Å². The first-order valence-electron chi connectivity index (χ1n) is 5.15. The zero-order valence-electron chi connectivity index (χ0n) is 8.16. The molecule has 0 amide bonds. The first-order chi connectivity index (χ1) is 6.40. The molecule has 1 aliphatic carbocycles. The zero-order valence-corrected chi connectivity index (χ0v) is 8.16. The van der Waals surface area contributed by atoms with Gasteiger partial charge in [-0.15, -0.1) is 0 Å². The average Bonchev–Trinajstić information content (AvgIpc) is 2.15. The topological polar surface area (TPSA) is 0 Å². The molecule has 0 saturated heterocycles. The fourth-order valence-electron chi connectivity index (χ4n) is 1.93. The summed E-state index contributed by atoms with van der Waals surface area (Å²) in [4.78, 5) is 0. The molecule has 0 spiro atoms. The van der Waals surface area contributed by atoms with Crippen molar-refractivity contribution < 1.29 is 0 Å². The highest BCUT2D eigenvalue weighted by Crippen LogP contribution is 2.36. The molecule has 0 N–H and O–H groups in total. The maximum absolute atomic E-state index is 2.36. The molecule has 1 aromatic carbocycles. The van der Waals surface area contributed by atoms with E-state index in [1.807, 2.05) is 0 Å². The van der Waals surface area contributed by atoms with Gasteiger partial charge in [0, 0.05) is 0 Å². The molecule has 0 heterocycles. The lowest BCUT2D eigenvalue weighted by Crippen LogP contribution is -2.13. The molecule has 0 nitrogen and oxygen atoms in total. The van der Waals surface area contributed by atoms with E-state index in [1.54, 1.807) is 5.57 Å². The molecule has 1 aliphatic rings. The molecule has 0 radical (unpaired) electrons. The number of allylic oxidation sites excluding steroid dienone is 1. The lowest BCUT2D eigenvalue weighted by Gasteiger charge is -2.28. The van der Waals surface area contributed by atoms with Crippen LogP contribution in [0.5, 0.6) is 0 Å². The van der Waals surface area contributed by atoms with Gasteiger partial charge in [-0.3, -0.25) is 0 Å². The first-order valence-corrected chi connectivity index (χ1v) is 5.15. The SMILES string of the molecule is CCC1CCC1=Cc1ccccc1. The van der Waals surface area contributed by atoms with Gasteiger partial charge in [0.15, 0.2) is 0 Å². The summed E-state index contributed by atoms with van der Waals surface area (Å²) >= 11 is 0. The highest BCUT2D eigenvalue weighted by Gasteiger charge is 2.21. The number of hydrogen-bond acceptors (Lipinski definition) is 0. The van der Waals surface area contributed by atoms with Gasteiger partial charge in [0.2, 0.25) is 0 Å². The van der Waals surface area contributed by atoms with Gasteiger partial charge in [-0.05, 0) is 30.7 Å². The number of hydrogen-bond donors (Lipinski definition) is 0. The molecular formula is C13H16. The minimum atomic E-state index is 0.875. The lowest BCUT2D eigenvalue weighted by atomic mass is 9.77. The second kappa shape index (κ2) is 3.78. The molecule has 0 aliphatic heterocycles. The predicted octanol–water partition coefficient (Wildman–Crippen LogP) is 3.89. The van der Waals surface area contributed by atoms with Crippen LogP contribution in [0.15, 0.2) is 35.9 Å². The van der Waals surface area contributed by atoms with E-state index < -0.39 is 0 Å². The van der Waals surface area contributed by atoms with Crippen molar-refractivity contribution in [3.63, 3.8) is 0 Å². The predicted molar refractivity (Wildman–Crippen MR) is 57.4 cm³/mol. The molecule has 0 aromatic heterocycles. The third-order valence-corrected chi connectivity index (χ3v) is 2.95. The van der Waals surface area contributed by atoms with Crippen LogP contribution in [-0.2, 0) is 0 Å². The van der Waals surface area contributed by atoms with Crippen LogP contribution in [0.25, 0.3) is 6.08 Å². The van der Waals surface area contributed by atoms with Gasteiger partial charge in [-0.25, -0.2) is 0 Å². The highest BCUT2D eigenvalue weighted by molar-refractivity contribution is 5.54. The lowest BCUT2D eigenvalue weighted by molar-refractivity contribution is 0.435. The Morgan fingerprint density at radius 3 is 2.62 bits per heavy atom. The Bertz CT molecular complexity index is 293. The highest BCUT2D eigenvalue weighted by atomic mass is 14.3. The van der Waals surface area contributed by atoms with Crippen molar-refractivity contribution in [1.29, 1.82) is 0 Å². The Morgan fingerprint density at radius 2 is 2.08 bits per heavy atom. The van der Waals surface area contributed by atoms with Gasteiger partial charge in [0.25, 0.3) is 0 Å². The van der Waals surface area contributed by atoms with Crippen molar-refractivity contribution in [3.05, 3.63) is 41.5 Å². The van der Waals surface area contributed by atoms with Crippen LogP contribution in [0.1, 0.15) is 31.7 Å². The summed E-state index contributed by atoms with van der Waals surface area (Å²) in [6.45, 7) is 2.28. The molecule has 13 heavy (non-hydrogen) atoms. The van der Waals surface area contributed by atoms with Crippen molar-refractivity contribution in [3.8, 4) is 0 Å². The quantitative estimate of drug-likeness (QED) is 0.635. The molecule has 1 saturated carbocycles. The summed E-state index contributed by atoms with van der Waals surface area (Å²) in [6, 6.07) is 10.6. The van der Waals surface area contributed by atoms with Crippen LogP contribution in [0.3, 0.4) is 0 Å². The zero-order chi connectivity index (χ0) is 9.10. The maximum Gasteiger partial charge on any atom is -0.0199 e. The van der Waals surface area contributed by atoms with Crippen LogP contribution in [0.4, 0.5) is 0 Å². The summed E-state index contributed by atoms with van der Waals surface area (Å²) < 4.78 is 0. The molecule has 1 unspecified atom stereocenters. The Morgan fingerprint density at radius 1 is 1.31 bits per heavy atom. The van der Waals surface area contributed by atoms with E-state index in [1.165, 1.54) is 24.8 Å². The fourth-order valence-corrected chi connectivity index (χ4v) is 1.93. The van der Waals surface area contributed by atoms with Crippen LogP contribution in [0.2, 0.25) is 0 Å². The van der Waals surface area contributed by atoms with Crippen molar-refractivity contribution in [1.82, 2.24) is 0 Å². The second-order valence-electron chi connectivity index (χ2n) is 3.77. The summed E-state index contributed by atoms with van der Waals surface area (Å²) in [5.74, 6) is 0.875. The Balaban J connectivity index is 2.12. The Kier molecular flexibility index (Phi) is 2.49. The van der Waals surface area contributed by atoms with Crippen molar-refractivity contribution in [2.45, 2.75) is 26.2 Å². The van der Waals surface area contributed by atoms with Crippen LogP contribution < -0.4 is 0 Å². The van der Waals surface area contributed by atoms with Gasteiger partial charge >= 0.3 is 0 Å². The van der Waals surface area contributed by atoms with E-state index in [2.05, 4.69) is 43.3 Å². The smallest absolute Gasteiger partial charge is 0.0199 e.